The minimum Gasteiger partial charge on any atom is -0.466 e. The van der Waals surface area contributed by atoms with Gasteiger partial charge < -0.3 is 15.2 Å². The van der Waals surface area contributed by atoms with Crippen molar-refractivity contribution in [2.24, 2.45) is 5.73 Å². The van der Waals surface area contributed by atoms with Crippen molar-refractivity contribution in [2.75, 3.05) is 20.0 Å². The van der Waals surface area contributed by atoms with Gasteiger partial charge in [-0.1, -0.05) is 0 Å². The molecular weight excluding hydrogens is 322 g/mol. The summed E-state index contributed by atoms with van der Waals surface area (Å²) in [6.07, 6.45) is 0. The molecule has 0 saturated carbocycles. The minimum atomic E-state index is -0.292. The van der Waals surface area contributed by atoms with Crippen molar-refractivity contribution in [2.45, 2.75) is 26.0 Å². The maximum atomic E-state index is 11.0. The lowest BCUT2D eigenvalue weighted by atomic mass is 10.2. The van der Waals surface area contributed by atoms with Crippen molar-refractivity contribution in [3.05, 3.63) is 32.7 Å². The largest absolute Gasteiger partial charge is 0.466 e. The quantitative estimate of drug-likeness (QED) is 0.832. The molecule has 1 aliphatic heterocycles. The molecule has 2 N–H and O–H groups in total. The number of hydrogen-bond donors (Lipinski definition) is 1. The molecule has 1 aliphatic rings. The van der Waals surface area contributed by atoms with Gasteiger partial charge in [-0.15, -0.1) is 23.1 Å². The molecule has 1 aromatic rings. The highest BCUT2D eigenvalue weighted by molar-refractivity contribution is 8.00. The number of nitrogens with two attached hydrogens (primary N) is 1. The molecule has 0 radical (unpaired) electrons. The molecule has 22 heavy (non-hydrogen) atoms. The molecule has 0 aliphatic carbocycles. The summed E-state index contributed by atoms with van der Waals surface area (Å²) in [5.74, 6) is 0.144. The fourth-order valence-electron chi connectivity index (χ4n) is 1.75. The third-order valence-corrected chi connectivity index (χ3v) is 5.61. The standard InChI is InChI=1S/C8H10O2S.C7H11NO2S/c1-5-6(2)11-4-7(5)8(9)10-3;1-4-6(8)5(3-11-4)7(9)10-2/h4H,1-3H3;4H,3,8H2,1-2H3. The van der Waals surface area contributed by atoms with Gasteiger partial charge in [-0.05, 0) is 26.3 Å². The van der Waals surface area contributed by atoms with E-state index in [9.17, 15) is 9.59 Å². The molecule has 1 atom stereocenters. The van der Waals surface area contributed by atoms with E-state index in [2.05, 4.69) is 9.47 Å². The highest BCUT2D eigenvalue weighted by atomic mass is 32.2. The summed E-state index contributed by atoms with van der Waals surface area (Å²) < 4.78 is 9.16. The van der Waals surface area contributed by atoms with Crippen LogP contribution in [0.5, 0.6) is 0 Å². The second-order valence-electron chi connectivity index (χ2n) is 4.70. The smallest absolute Gasteiger partial charge is 0.338 e. The Morgan fingerprint density at radius 2 is 1.82 bits per heavy atom. The minimum absolute atomic E-state index is 0.244. The van der Waals surface area contributed by atoms with Gasteiger partial charge in [0.15, 0.2) is 0 Å². The van der Waals surface area contributed by atoms with E-state index in [1.165, 1.54) is 19.1 Å². The first-order valence-electron chi connectivity index (χ1n) is 6.64. The van der Waals surface area contributed by atoms with Gasteiger partial charge in [-0.2, -0.15) is 0 Å². The van der Waals surface area contributed by atoms with E-state index in [0.29, 0.717) is 22.6 Å². The van der Waals surface area contributed by atoms with Crippen LogP contribution in [0, 0.1) is 13.8 Å². The molecule has 1 unspecified atom stereocenters. The zero-order chi connectivity index (χ0) is 16.9. The van der Waals surface area contributed by atoms with Gasteiger partial charge in [-0.25, -0.2) is 9.59 Å². The highest BCUT2D eigenvalue weighted by Crippen LogP contribution is 2.29. The zero-order valence-electron chi connectivity index (χ0n) is 13.4. The van der Waals surface area contributed by atoms with E-state index in [0.717, 1.165) is 5.56 Å². The average molecular weight is 343 g/mol. The summed E-state index contributed by atoms with van der Waals surface area (Å²) in [5.41, 5.74) is 8.67. The third kappa shape index (κ3) is 4.27. The third-order valence-electron chi connectivity index (χ3n) is 3.39. The molecule has 122 valence electrons. The van der Waals surface area contributed by atoms with Gasteiger partial charge in [-0.3, -0.25) is 0 Å². The lowest BCUT2D eigenvalue weighted by molar-refractivity contribution is -0.136. The number of ether oxygens (including phenoxy) is 2. The second-order valence-corrected chi connectivity index (χ2v) is 7.11. The molecule has 1 aromatic heterocycles. The lowest BCUT2D eigenvalue weighted by Gasteiger charge is -2.01. The molecule has 0 spiro atoms. The first kappa shape index (κ1) is 18.6. The second kappa shape index (κ2) is 8.24. The number of hydrogen-bond acceptors (Lipinski definition) is 7. The van der Waals surface area contributed by atoms with Crippen molar-refractivity contribution in [1.29, 1.82) is 0 Å². The van der Waals surface area contributed by atoms with Gasteiger partial charge in [0.2, 0.25) is 0 Å². The maximum absolute atomic E-state index is 11.0. The highest BCUT2D eigenvalue weighted by Gasteiger charge is 2.25. The number of thioether (sulfide) groups is 1. The summed E-state index contributed by atoms with van der Waals surface area (Å²) in [6.45, 7) is 5.90. The predicted octanol–water partition coefficient (Wildman–Crippen LogP) is 2.66. The number of aryl methyl sites for hydroxylation is 1. The van der Waals surface area contributed by atoms with Crippen LogP contribution in [0.1, 0.15) is 27.7 Å². The van der Waals surface area contributed by atoms with Gasteiger partial charge in [0.1, 0.15) is 0 Å². The van der Waals surface area contributed by atoms with E-state index < -0.39 is 0 Å². The Balaban J connectivity index is 0.000000220. The van der Waals surface area contributed by atoms with Gasteiger partial charge >= 0.3 is 11.9 Å². The molecule has 0 saturated heterocycles. The van der Waals surface area contributed by atoms with Gasteiger partial charge in [0.25, 0.3) is 0 Å². The topological polar surface area (TPSA) is 78.6 Å². The lowest BCUT2D eigenvalue weighted by Crippen LogP contribution is -2.13. The number of carbonyl (C=O) groups excluding carboxylic acids is 2. The van der Waals surface area contributed by atoms with E-state index in [1.807, 2.05) is 26.2 Å². The number of carbonyl (C=O) groups is 2. The van der Waals surface area contributed by atoms with E-state index in [1.54, 1.807) is 23.1 Å². The van der Waals surface area contributed by atoms with Crippen LogP contribution in [-0.4, -0.2) is 37.2 Å². The van der Waals surface area contributed by atoms with E-state index in [-0.39, 0.29) is 17.2 Å². The van der Waals surface area contributed by atoms with Crippen LogP contribution in [0.3, 0.4) is 0 Å². The molecule has 0 amide bonds. The van der Waals surface area contributed by atoms with E-state index in [4.69, 9.17) is 5.73 Å². The Morgan fingerprint density at radius 1 is 1.23 bits per heavy atom. The molecule has 5 nitrogen and oxygen atoms in total. The molecule has 7 heteroatoms. The van der Waals surface area contributed by atoms with Crippen molar-refractivity contribution in [1.82, 2.24) is 0 Å². The Morgan fingerprint density at radius 3 is 2.18 bits per heavy atom. The Bertz CT molecular complexity index is 592. The number of esters is 2. The van der Waals surface area contributed by atoms with Crippen LogP contribution >= 0.6 is 23.1 Å². The molecular formula is C15H21NO4S2. The summed E-state index contributed by atoms with van der Waals surface area (Å²) in [4.78, 5) is 23.2. The summed E-state index contributed by atoms with van der Waals surface area (Å²) in [5, 5.41) is 2.08. The molecule has 0 aromatic carbocycles. The van der Waals surface area contributed by atoms with Crippen molar-refractivity contribution < 1.29 is 19.1 Å². The summed E-state index contributed by atoms with van der Waals surface area (Å²) in [7, 11) is 2.77. The first-order valence-corrected chi connectivity index (χ1v) is 8.57. The van der Waals surface area contributed by atoms with Crippen molar-refractivity contribution in [3.8, 4) is 0 Å². The maximum Gasteiger partial charge on any atom is 0.338 e. The number of thiophene rings is 1. The first-order chi connectivity index (χ1) is 10.3. The molecule has 0 fully saturated rings. The Hall–Kier alpha value is -1.47. The van der Waals surface area contributed by atoms with Gasteiger partial charge in [0.05, 0.1) is 25.4 Å². The van der Waals surface area contributed by atoms with Gasteiger partial charge in [0, 0.05) is 27.0 Å². The SMILES string of the molecule is COC(=O)C1=C(N)C(C)SC1.COC(=O)c1csc(C)c1C. The van der Waals surface area contributed by atoms with Crippen molar-refractivity contribution >= 4 is 35.0 Å². The molecule has 2 rings (SSSR count). The Labute approximate surface area is 138 Å². The Kier molecular flexibility index (Phi) is 6.96. The average Bonchev–Trinajstić information content (AvgIpc) is 3.02. The van der Waals surface area contributed by atoms with Crippen LogP contribution in [0.15, 0.2) is 16.7 Å². The monoisotopic (exact) mass is 343 g/mol. The zero-order valence-corrected chi connectivity index (χ0v) is 15.0. The predicted molar refractivity (Wildman–Crippen MR) is 90.3 cm³/mol. The van der Waals surface area contributed by atoms with Crippen LogP contribution < -0.4 is 5.73 Å². The number of rotatable bonds is 2. The molecule has 2 heterocycles. The summed E-state index contributed by atoms with van der Waals surface area (Å²) >= 11 is 3.23. The summed E-state index contributed by atoms with van der Waals surface area (Å²) in [6, 6.07) is 0. The fourth-order valence-corrected chi connectivity index (χ4v) is 3.63. The van der Waals surface area contributed by atoms with Crippen molar-refractivity contribution in [3.63, 3.8) is 0 Å². The fraction of sp³-hybridized carbons (Fsp3) is 0.467. The molecule has 0 bridgehead atoms. The van der Waals surface area contributed by atoms with Crippen LogP contribution in [0.2, 0.25) is 0 Å². The normalized spacial score (nSPS) is 16.9. The number of methoxy groups -OCH3 is 2. The van der Waals surface area contributed by atoms with Crippen LogP contribution in [-0.2, 0) is 14.3 Å². The van der Waals surface area contributed by atoms with E-state index >= 15 is 0 Å². The van der Waals surface area contributed by atoms with Crippen LogP contribution in [0.25, 0.3) is 0 Å². The van der Waals surface area contributed by atoms with Crippen LogP contribution in [0.4, 0.5) is 0 Å².